The summed E-state index contributed by atoms with van der Waals surface area (Å²) < 4.78 is 10.4. The van der Waals surface area contributed by atoms with Gasteiger partial charge in [-0.15, -0.1) is 0 Å². The van der Waals surface area contributed by atoms with Gasteiger partial charge >= 0.3 is 11.9 Å². The van der Waals surface area contributed by atoms with Gasteiger partial charge < -0.3 is 9.47 Å². The number of rotatable bonds is 4. The Kier molecular flexibility index (Phi) is 2.78. The summed E-state index contributed by atoms with van der Waals surface area (Å²) in [6.45, 7) is 0. The highest BCUT2D eigenvalue weighted by atomic mass is 16.6. The molecule has 0 bridgehead atoms. The molecule has 2 aliphatic carbocycles. The first-order valence-electron chi connectivity index (χ1n) is 6.25. The molecule has 0 amide bonds. The number of carbonyl (C=O) groups excluding carboxylic acids is 2. The van der Waals surface area contributed by atoms with Crippen LogP contribution in [0.3, 0.4) is 0 Å². The molecule has 4 nitrogen and oxygen atoms in total. The summed E-state index contributed by atoms with van der Waals surface area (Å²) in [6, 6.07) is 6.65. The average Bonchev–Trinajstić information content (AvgIpc) is 3.25. The van der Waals surface area contributed by atoms with Crippen LogP contribution in [0, 0.1) is 0 Å². The Labute approximate surface area is 105 Å². The summed E-state index contributed by atoms with van der Waals surface area (Å²) in [5.41, 5.74) is 0.602. The van der Waals surface area contributed by atoms with Crippen LogP contribution in [0.2, 0.25) is 0 Å². The zero-order valence-electron chi connectivity index (χ0n) is 9.93. The maximum absolute atomic E-state index is 11.9. The molecule has 4 heteroatoms. The molecule has 18 heavy (non-hydrogen) atoms. The topological polar surface area (TPSA) is 52.6 Å². The minimum Gasteiger partial charge on any atom is -0.459 e. The fourth-order valence-corrected chi connectivity index (χ4v) is 1.64. The Balaban J connectivity index is 1.78. The van der Waals surface area contributed by atoms with Crippen LogP contribution >= 0.6 is 0 Å². The first kappa shape index (κ1) is 11.3. The second-order valence-electron chi connectivity index (χ2n) is 4.75. The summed E-state index contributed by atoms with van der Waals surface area (Å²) in [5.74, 6) is -0.860. The standard InChI is InChI=1S/C14H14O4/c15-13(17-9-5-6-9)11-3-1-2-4-12(11)14(16)18-10-7-8-10/h1-4,9-10H,5-8H2. The summed E-state index contributed by atoms with van der Waals surface area (Å²) in [5, 5.41) is 0. The molecule has 3 rings (SSSR count). The highest BCUT2D eigenvalue weighted by molar-refractivity contribution is 6.03. The van der Waals surface area contributed by atoms with Crippen molar-refractivity contribution < 1.29 is 19.1 Å². The quantitative estimate of drug-likeness (QED) is 0.765. The molecule has 0 heterocycles. The van der Waals surface area contributed by atoms with E-state index < -0.39 is 11.9 Å². The van der Waals surface area contributed by atoms with Gasteiger partial charge in [-0.2, -0.15) is 0 Å². The number of esters is 2. The fourth-order valence-electron chi connectivity index (χ4n) is 1.64. The smallest absolute Gasteiger partial charge is 0.339 e. The lowest BCUT2D eigenvalue weighted by molar-refractivity contribution is 0.0423. The molecule has 1 aromatic carbocycles. The first-order valence-corrected chi connectivity index (χ1v) is 6.25. The van der Waals surface area contributed by atoms with Gasteiger partial charge in [-0.25, -0.2) is 9.59 Å². The Hall–Kier alpha value is -1.84. The van der Waals surface area contributed by atoms with Crippen LogP contribution in [0.4, 0.5) is 0 Å². The van der Waals surface area contributed by atoms with Crippen molar-refractivity contribution in [2.45, 2.75) is 37.9 Å². The summed E-state index contributed by atoms with van der Waals surface area (Å²) in [4.78, 5) is 23.8. The molecule has 1 aromatic rings. The maximum atomic E-state index is 11.9. The third kappa shape index (κ3) is 2.53. The van der Waals surface area contributed by atoms with E-state index in [2.05, 4.69) is 0 Å². The van der Waals surface area contributed by atoms with Gasteiger partial charge in [0.1, 0.15) is 12.2 Å². The largest absolute Gasteiger partial charge is 0.459 e. The molecule has 0 unspecified atom stereocenters. The average molecular weight is 246 g/mol. The molecule has 94 valence electrons. The predicted molar refractivity (Wildman–Crippen MR) is 63.3 cm³/mol. The van der Waals surface area contributed by atoms with Crippen molar-refractivity contribution in [3.05, 3.63) is 35.4 Å². The van der Waals surface area contributed by atoms with Gasteiger partial charge in [-0.3, -0.25) is 0 Å². The van der Waals surface area contributed by atoms with Crippen LogP contribution in [0.15, 0.2) is 24.3 Å². The van der Waals surface area contributed by atoms with Crippen molar-refractivity contribution in [2.75, 3.05) is 0 Å². The molecule has 0 saturated heterocycles. The van der Waals surface area contributed by atoms with Crippen LogP contribution in [0.25, 0.3) is 0 Å². The number of ether oxygens (including phenoxy) is 2. The highest BCUT2D eigenvalue weighted by Gasteiger charge is 2.31. The van der Waals surface area contributed by atoms with E-state index in [1.807, 2.05) is 0 Å². The molecule has 2 aliphatic rings. The van der Waals surface area contributed by atoms with Crippen LogP contribution in [0.5, 0.6) is 0 Å². The van der Waals surface area contributed by atoms with Crippen molar-refractivity contribution in [3.63, 3.8) is 0 Å². The SMILES string of the molecule is O=C(OC1CC1)c1ccccc1C(=O)OC1CC1. The minimum atomic E-state index is -0.430. The molecular formula is C14H14O4. The van der Waals surface area contributed by atoms with Crippen LogP contribution in [-0.2, 0) is 9.47 Å². The van der Waals surface area contributed by atoms with E-state index >= 15 is 0 Å². The Morgan fingerprint density at radius 2 is 1.22 bits per heavy atom. The summed E-state index contributed by atoms with van der Waals surface area (Å²) >= 11 is 0. The third-order valence-corrected chi connectivity index (χ3v) is 2.96. The van der Waals surface area contributed by atoms with E-state index in [1.165, 1.54) is 0 Å². The maximum Gasteiger partial charge on any atom is 0.339 e. The van der Waals surface area contributed by atoms with E-state index in [4.69, 9.17) is 9.47 Å². The molecule has 0 spiro atoms. The first-order chi connectivity index (χ1) is 8.74. The monoisotopic (exact) mass is 246 g/mol. The van der Waals surface area contributed by atoms with Gasteiger partial charge in [0.2, 0.25) is 0 Å². The predicted octanol–water partition coefficient (Wildman–Crippen LogP) is 2.33. The number of hydrogen-bond donors (Lipinski definition) is 0. The second-order valence-corrected chi connectivity index (χ2v) is 4.75. The third-order valence-electron chi connectivity index (χ3n) is 2.96. The van der Waals surface area contributed by atoms with Gasteiger partial charge in [0.05, 0.1) is 11.1 Å². The normalized spacial score (nSPS) is 18.2. The van der Waals surface area contributed by atoms with Gasteiger partial charge in [0.15, 0.2) is 0 Å². The van der Waals surface area contributed by atoms with E-state index in [0.29, 0.717) is 11.1 Å². The summed E-state index contributed by atoms with van der Waals surface area (Å²) in [7, 11) is 0. The summed E-state index contributed by atoms with van der Waals surface area (Å²) in [6.07, 6.45) is 3.73. The highest BCUT2D eigenvalue weighted by Crippen LogP contribution is 2.27. The molecule has 0 atom stereocenters. The minimum absolute atomic E-state index is 0.0324. The lowest BCUT2D eigenvalue weighted by atomic mass is 10.1. The van der Waals surface area contributed by atoms with E-state index in [-0.39, 0.29) is 12.2 Å². The zero-order valence-corrected chi connectivity index (χ0v) is 9.93. The number of hydrogen-bond acceptors (Lipinski definition) is 4. The van der Waals surface area contributed by atoms with Crippen LogP contribution in [0.1, 0.15) is 46.4 Å². The van der Waals surface area contributed by atoms with Crippen molar-refractivity contribution in [1.29, 1.82) is 0 Å². The fraction of sp³-hybridized carbons (Fsp3) is 0.429. The molecule has 2 fully saturated rings. The van der Waals surface area contributed by atoms with Gasteiger partial charge in [0.25, 0.3) is 0 Å². The van der Waals surface area contributed by atoms with E-state index in [0.717, 1.165) is 25.7 Å². The van der Waals surface area contributed by atoms with Crippen molar-refractivity contribution in [3.8, 4) is 0 Å². The van der Waals surface area contributed by atoms with E-state index in [9.17, 15) is 9.59 Å². The molecule has 0 N–H and O–H groups in total. The molecule has 0 aliphatic heterocycles. The van der Waals surface area contributed by atoms with Crippen molar-refractivity contribution in [2.24, 2.45) is 0 Å². The molecule has 0 radical (unpaired) electrons. The van der Waals surface area contributed by atoms with E-state index in [1.54, 1.807) is 24.3 Å². The van der Waals surface area contributed by atoms with Crippen molar-refractivity contribution >= 4 is 11.9 Å². The lowest BCUT2D eigenvalue weighted by Gasteiger charge is -2.08. The van der Waals surface area contributed by atoms with Gasteiger partial charge in [-0.1, -0.05) is 12.1 Å². The number of benzene rings is 1. The zero-order chi connectivity index (χ0) is 12.5. The lowest BCUT2D eigenvalue weighted by Crippen LogP contribution is -2.15. The Morgan fingerprint density at radius 3 is 1.56 bits per heavy atom. The Bertz CT molecular complexity index is 441. The van der Waals surface area contributed by atoms with Gasteiger partial charge in [0, 0.05) is 0 Å². The van der Waals surface area contributed by atoms with Crippen LogP contribution < -0.4 is 0 Å². The number of carbonyl (C=O) groups is 2. The second kappa shape index (κ2) is 4.44. The van der Waals surface area contributed by atoms with Crippen molar-refractivity contribution in [1.82, 2.24) is 0 Å². The molecule has 2 saturated carbocycles. The van der Waals surface area contributed by atoms with Crippen LogP contribution in [-0.4, -0.2) is 24.1 Å². The van der Waals surface area contributed by atoms with Gasteiger partial charge in [-0.05, 0) is 37.8 Å². The Morgan fingerprint density at radius 1 is 0.833 bits per heavy atom. The molecule has 0 aromatic heterocycles. The molecular weight excluding hydrogens is 232 g/mol.